The van der Waals surface area contributed by atoms with Crippen molar-refractivity contribution in [1.29, 1.82) is 0 Å². The summed E-state index contributed by atoms with van der Waals surface area (Å²) in [6.45, 7) is 2.66. The number of ether oxygens (including phenoxy) is 1. The summed E-state index contributed by atoms with van der Waals surface area (Å²) in [5, 5.41) is 3.35. The summed E-state index contributed by atoms with van der Waals surface area (Å²) in [6, 6.07) is 8.42. The van der Waals surface area contributed by atoms with E-state index in [4.69, 9.17) is 9.26 Å². The third kappa shape index (κ3) is 3.30. The molecule has 0 aliphatic heterocycles. The van der Waals surface area contributed by atoms with Crippen molar-refractivity contribution in [2.45, 2.75) is 26.2 Å². The molecule has 0 amide bonds. The number of hydrogen-bond donors (Lipinski definition) is 0. The number of alkyl halides is 2. The van der Waals surface area contributed by atoms with Crippen LogP contribution in [0.3, 0.4) is 0 Å². The first-order valence-corrected chi connectivity index (χ1v) is 6.19. The average Bonchev–Trinajstić information content (AvgIpc) is 2.89. The number of unbranched alkanes of at least 4 members (excludes halogenated alkanes) is 1. The molecule has 0 N–H and O–H groups in total. The fraction of sp³-hybridized carbons (Fsp3) is 0.357. The van der Waals surface area contributed by atoms with Gasteiger partial charge in [-0.2, -0.15) is 0 Å². The topological polar surface area (TPSA) is 35.3 Å². The largest absolute Gasteiger partial charge is 0.493 e. The van der Waals surface area contributed by atoms with Crippen LogP contribution in [-0.2, 0) is 0 Å². The Morgan fingerprint density at radius 3 is 2.79 bits per heavy atom. The lowest BCUT2D eigenvalue weighted by molar-refractivity contribution is 0.140. The number of rotatable bonds is 6. The highest BCUT2D eigenvalue weighted by Crippen LogP contribution is 2.32. The highest BCUT2D eigenvalue weighted by atomic mass is 19.3. The molecular formula is C14H15F2NO2. The Kier molecular flexibility index (Phi) is 4.49. The van der Waals surface area contributed by atoms with Gasteiger partial charge in [0.05, 0.1) is 12.2 Å². The fourth-order valence-electron chi connectivity index (χ4n) is 1.64. The minimum absolute atomic E-state index is 0.294. The molecule has 0 unspecified atom stereocenters. The molecule has 0 fully saturated rings. The van der Waals surface area contributed by atoms with Gasteiger partial charge in [-0.05, 0) is 18.6 Å². The van der Waals surface area contributed by atoms with Crippen LogP contribution in [0.2, 0.25) is 0 Å². The average molecular weight is 267 g/mol. The lowest BCUT2D eigenvalue weighted by atomic mass is 10.1. The monoisotopic (exact) mass is 267 g/mol. The zero-order valence-corrected chi connectivity index (χ0v) is 10.6. The lowest BCUT2D eigenvalue weighted by Crippen LogP contribution is -1.97. The van der Waals surface area contributed by atoms with Crippen molar-refractivity contribution in [3.8, 4) is 17.1 Å². The molecule has 0 atom stereocenters. The molecule has 0 bridgehead atoms. The third-order valence-corrected chi connectivity index (χ3v) is 2.66. The van der Waals surface area contributed by atoms with Crippen LogP contribution in [0.1, 0.15) is 31.9 Å². The Bertz CT molecular complexity index is 526. The van der Waals surface area contributed by atoms with Crippen molar-refractivity contribution in [1.82, 2.24) is 5.16 Å². The molecule has 19 heavy (non-hydrogen) atoms. The highest BCUT2D eigenvalue weighted by Gasteiger charge is 2.16. The molecule has 0 aliphatic carbocycles. The number of hydrogen-bond acceptors (Lipinski definition) is 3. The van der Waals surface area contributed by atoms with Gasteiger partial charge in [-0.15, -0.1) is 0 Å². The minimum Gasteiger partial charge on any atom is -0.493 e. The van der Waals surface area contributed by atoms with E-state index in [1.54, 1.807) is 18.2 Å². The smallest absolute Gasteiger partial charge is 0.283 e. The van der Waals surface area contributed by atoms with Crippen LogP contribution in [0, 0.1) is 0 Å². The summed E-state index contributed by atoms with van der Waals surface area (Å²) in [7, 11) is 0. The van der Waals surface area contributed by atoms with Gasteiger partial charge < -0.3 is 9.26 Å². The van der Waals surface area contributed by atoms with Gasteiger partial charge >= 0.3 is 0 Å². The van der Waals surface area contributed by atoms with Gasteiger partial charge in [-0.3, -0.25) is 0 Å². The second-order valence-corrected chi connectivity index (χ2v) is 4.11. The van der Waals surface area contributed by atoms with E-state index in [-0.39, 0.29) is 5.69 Å². The first kappa shape index (κ1) is 13.5. The quantitative estimate of drug-likeness (QED) is 0.725. The van der Waals surface area contributed by atoms with Gasteiger partial charge in [0.1, 0.15) is 11.4 Å². The van der Waals surface area contributed by atoms with Crippen LogP contribution in [0.25, 0.3) is 11.3 Å². The summed E-state index contributed by atoms with van der Waals surface area (Å²) >= 11 is 0. The minimum atomic E-state index is -2.63. The number of benzene rings is 1. The Morgan fingerprint density at radius 2 is 2.11 bits per heavy atom. The molecule has 0 saturated carbocycles. The predicted octanol–water partition coefficient (Wildman–Crippen LogP) is 4.46. The van der Waals surface area contributed by atoms with E-state index < -0.39 is 6.43 Å². The Morgan fingerprint density at radius 1 is 1.32 bits per heavy atom. The zero-order chi connectivity index (χ0) is 13.7. The Balaban J connectivity index is 2.22. The number of halogens is 2. The maximum Gasteiger partial charge on any atom is 0.283 e. The van der Waals surface area contributed by atoms with Gasteiger partial charge in [0, 0.05) is 6.07 Å². The summed E-state index contributed by atoms with van der Waals surface area (Å²) in [5.41, 5.74) is 0.274. The van der Waals surface area contributed by atoms with Crippen molar-refractivity contribution < 1.29 is 18.0 Å². The fourth-order valence-corrected chi connectivity index (χ4v) is 1.64. The van der Waals surface area contributed by atoms with Crippen LogP contribution < -0.4 is 4.74 Å². The van der Waals surface area contributed by atoms with E-state index in [2.05, 4.69) is 12.1 Å². The second kappa shape index (κ2) is 6.31. The number of para-hydroxylation sites is 1. The van der Waals surface area contributed by atoms with Crippen molar-refractivity contribution >= 4 is 0 Å². The second-order valence-electron chi connectivity index (χ2n) is 4.11. The highest BCUT2D eigenvalue weighted by molar-refractivity contribution is 5.65. The molecule has 2 aromatic rings. The van der Waals surface area contributed by atoms with E-state index in [0.717, 1.165) is 12.8 Å². The summed E-state index contributed by atoms with van der Waals surface area (Å²) < 4.78 is 35.6. The van der Waals surface area contributed by atoms with E-state index in [1.165, 1.54) is 6.07 Å². The van der Waals surface area contributed by atoms with E-state index in [9.17, 15) is 8.78 Å². The maximum absolute atomic E-state index is 12.5. The molecule has 1 aromatic heterocycles. The SMILES string of the molecule is CCCCOc1ccccc1-c1cc(C(F)F)no1. The van der Waals surface area contributed by atoms with E-state index >= 15 is 0 Å². The van der Waals surface area contributed by atoms with Gasteiger partial charge in [-0.1, -0.05) is 30.6 Å². The molecule has 0 spiro atoms. The maximum atomic E-state index is 12.5. The van der Waals surface area contributed by atoms with Crippen LogP contribution in [0.4, 0.5) is 8.78 Å². The molecule has 0 saturated heterocycles. The standard InChI is InChI=1S/C14H15F2NO2/c1-2-3-8-18-12-7-5-4-6-10(12)13-9-11(14(15)16)17-19-13/h4-7,9,14H,2-3,8H2,1H3. The van der Waals surface area contributed by atoms with Gasteiger partial charge in [0.2, 0.25) is 0 Å². The molecule has 2 rings (SSSR count). The van der Waals surface area contributed by atoms with E-state index in [0.29, 0.717) is 23.7 Å². The molecule has 0 aliphatic rings. The molecule has 5 heteroatoms. The van der Waals surface area contributed by atoms with Gasteiger partial charge in [0.15, 0.2) is 5.76 Å². The molecule has 1 heterocycles. The zero-order valence-electron chi connectivity index (χ0n) is 10.6. The first-order valence-electron chi connectivity index (χ1n) is 6.19. The molecule has 0 radical (unpaired) electrons. The first-order chi connectivity index (χ1) is 9.22. The number of aromatic nitrogens is 1. The Labute approximate surface area is 110 Å². The van der Waals surface area contributed by atoms with Gasteiger partial charge in [-0.25, -0.2) is 8.78 Å². The molecule has 3 nitrogen and oxygen atoms in total. The van der Waals surface area contributed by atoms with E-state index in [1.807, 2.05) is 6.07 Å². The van der Waals surface area contributed by atoms with Crippen LogP contribution in [-0.4, -0.2) is 11.8 Å². The summed E-state index contributed by atoms with van der Waals surface area (Å²) in [5.74, 6) is 0.912. The molecule has 102 valence electrons. The van der Waals surface area contributed by atoms with Crippen molar-refractivity contribution in [3.63, 3.8) is 0 Å². The lowest BCUT2D eigenvalue weighted by Gasteiger charge is -2.08. The van der Waals surface area contributed by atoms with Crippen LogP contribution in [0.15, 0.2) is 34.9 Å². The predicted molar refractivity (Wildman–Crippen MR) is 67.3 cm³/mol. The van der Waals surface area contributed by atoms with Crippen molar-refractivity contribution in [2.24, 2.45) is 0 Å². The third-order valence-electron chi connectivity index (χ3n) is 2.66. The molecule has 1 aromatic carbocycles. The Hall–Kier alpha value is -1.91. The van der Waals surface area contributed by atoms with Gasteiger partial charge in [0.25, 0.3) is 6.43 Å². The van der Waals surface area contributed by atoms with Crippen molar-refractivity contribution in [3.05, 3.63) is 36.0 Å². The van der Waals surface area contributed by atoms with Crippen LogP contribution in [0.5, 0.6) is 5.75 Å². The number of nitrogens with zero attached hydrogens (tertiary/aromatic N) is 1. The van der Waals surface area contributed by atoms with Crippen molar-refractivity contribution in [2.75, 3.05) is 6.61 Å². The summed E-state index contributed by atoms with van der Waals surface area (Å²) in [6.07, 6.45) is -0.668. The summed E-state index contributed by atoms with van der Waals surface area (Å²) in [4.78, 5) is 0. The molecular weight excluding hydrogens is 252 g/mol. The van der Waals surface area contributed by atoms with Crippen LogP contribution >= 0.6 is 0 Å². The normalized spacial score (nSPS) is 10.9.